The lowest BCUT2D eigenvalue weighted by Crippen LogP contribution is -2.32. The van der Waals surface area contributed by atoms with E-state index in [4.69, 9.17) is 9.47 Å². The highest BCUT2D eigenvalue weighted by atomic mass is 32.2. The summed E-state index contributed by atoms with van der Waals surface area (Å²) >= 11 is 1.37. The average Bonchev–Trinajstić information content (AvgIpc) is 3.22. The van der Waals surface area contributed by atoms with Crippen LogP contribution in [0, 0.1) is 5.82 Å². The number of hydrogen-bond acceptors (Lipinski definition) is 5. The van der Waals surface area contributed by atoms with Gasteiger partial charge in [0.1, 0.15) is 23.9 Å². The Morgan fingerprint density at radius 3 is 2.52 bits per heavy atom. The third kappa shape index (κ3) is 5.74. The highest BCUT2D eigenvalue weighted by molar-refractivity contribution is 7.99. The third-order valence-electron chi connectivity index (χ3n) is 4.22. The van der Waals surface area contributed by atoms with Crippen molar-refractivity contribution >= 4 is 17.7 Å². The van der Waals surface area contributed by atoms with E-state index in [0.29, 0.717) is 18.9 Å². The van der Waals surface area contributed by atoms with Crippen molar-refractivity contribution in [3.8, 4) is 17.2 Å². The number of imidazole rings is 1. The van der Waals surface area contributed by atoms with Crippen LogP contribution in [0.2, 0.25) is 0 Å². The monoisotopic (exact) mass is 415 g/mol. The second kappa shape index (κ2) is 9.97. The molecule has 1 heterocycles. The second-order valence-corrected chi connectivity index (χ2v) is 7.13. The van der Waals surface area contributed by atoms with Crippen LogP contribution >= 0.6 is 11.8 Å². The summed E-state index contributed by atoms with van der Waals surface area (Å²) in [5, 5.41) is 0.736. The molecule has 0 N–H and O–H groups in total. The van der Waals surface area contributed by atoms with Crippen molar-refractivity contribution in [1.82, 2.24) is 14.5 Å². The fourth-order valence-electron chi connectivity index (χ4n) is 2.53. The Kier molecular flexibility index (Phi) is 7.13. The quantitative estimate of drug-likeness (QED) is 0.500. The molecule has 0 unspecified atom stereocenters. The highest BCUT2D eigenvalue weighted by Gasteiger charge is 2.13. The number of amides is 1. The van der Waals surface area contributed by atoms with Gasteiger partial charge in [0.15, 0.2) is 5.16 Å². The Morgan fingerprint density at radius 1 is 1.14 bits per heavy atom. The van der Waals surface area contributed by atoms with E-state index in [1.807, 2.05) is 35.0 Å². The summed E-state index contributed by atoms with van der Waals surface area (Å²) in [7, 11) is 3.35. The average molecular weight is 415 g/mol. The van der Waals surface area contributed by atoms with E-state index in [9.17, 15) is 9.18 Å². The van der Waals surface area contributed by atoms with Crippen LogP contribution in [0.5, 0.6) is 11.5 Å². The predicted molar refractivity (Wildman–Crippen MR) is 110 cm³/mol. The summed E-state index contributed by atoms with van der Waals surface area (Å²) in [4.78, 5) is 18.4. The Balaban J connectivity index is 1.48. The second-order valence-electron chi connectivity index (χ2n) is 6.18. The van der Waals surface area contributed by atoms with E-state index in [0.717, 1.165) is 16.6 Å². The maximum absolute atomic E-state index is 12.9. The number of halogens is 1. The first-order chi connectivity index (χ1) is 14.1. The minimum Gasteiger partial charge on any atom is -0.497 e. The number of hydrogen-bond donors (Lipinski definition) is 0. The summed E-state index contributed by atoms with van der Waals surface area (Å²) in [6, 6.07) is 13.4. The minimum atomic E-state index is -0.310. The molecule has 152 valence electrons. The molecular weight excluding hydrogens is 393 g/mol. The maximum atomic E-state index is 12.9. The van der Waals surface area contributed by atoms with Crippen LogP contribution in [0.15, 0.2) is 66.1 Å². The van der Waals surface area contributed by atoms with Gasteiger partial charge in [-0.25, -0.2) is 9.37 Å². The summed E-state index contributed by atoms with van der Waals surface area (Å²) in [6.45, 7) is 0.767. The van der Waals surface area contributed by atoms with Gasteiger partial charge in [-0.15, -0.1) is 0 Å². The third-order valence-corrected chi connectivity index (χ3v) is 5.17. The van der Waals surface area contributed by atoms with Crippen molar-refractivity contribution in [2.45, 2.75) is 5.16 Å². The van der Waals surface area contributed by atoms with Gasteiger partial charge in [-0.05, 0) is 48.5 Å². The number of aromatic nitrogens is 2. The van der Waals surface area contributed by atoms with E-state index in [1.54, 1.807) is 37.4 Å². The van der Waals surface area contributed by atoms with Gasteiger partial charge in [0.05, 0.1) is 19.4 Å². The normalized spacial score (nSPS) is 10.6. The van der Waals surface area contributed by atoms with Gasteiger partial charge in [-0.2, -0.15) is 0 Å². The van der Waals surface area contributed by atoms with Crippen LogP contribution in [0.3, 0.4) is 0 Å². The van der Waals surface area contributed by atoms with Gasteiger partial charge in [-0.3, -0.25) is 9.36 Å². The number of likely N-dealkylation sites (N-methyl/N-ethyl adjacent to an activating group) is 1. The first-order valence-corrected chi connectivity index (χ1v) is 9.98. The van der Waals surface area contributed by atoms with Crippen molar-refractivity contribution < 1.29 is 18.7 Å². The van der Waals surface area contributed by atoms with Crippen molar-refractivity contribution in [2.75, 3.05) is 33.1 Å². The standard InChI is InChI=1S/C21H22FN3O3S/c1-24(13-14-28-19-7-3-16(22)4-8-19)20(26)15-29-21-23-11-12-25(21)17-5-9-18(27-2)10-6-17/h3-12H,13-15H2,1-2H3. The van der Waals surface area contributed by atoms with E-state index in [1.165, 1.54) is 23.9 Å². The molecule has 0 aliphatic carbocycles. The lowest BCUT2D eigenvalue weighted by atomic mass is 10.3. The zero-order valence-corrected chi connectivity index (χ0v) is 17.1. The molecule has 0 bridgehead atoms. The zero-order chi connectivity index (χ0) is 20.6. The Bertz CT molecular complexity index is 929. The van der Waals surface area contributed by atoms with Gasteiger partial charge >= 0.3 is 0 Å². The molecule has 0 spiro atoms. The number of thioether (sulfide) groups is 1. The smallest absolute Gasteiger partial charge is 0.232 e. The van der Waals surface area contributed by atoms with Crippen LogP contribution in [0.1, 0.15) is 0 Å². The molecule has 3 rings (SSSR count). The molecule has 3 aromatic rings. The van der Waals surface area contributed by atoms with Gasteiger partial charge in [0.2, 0.25) is 5.91 Å². The number of carbonyl (C=O) groups excluding carboxylic acids is 1. The van der Waals surface area contributed by atoms with E-state index in [-0.39, 0.29) is 17.5 Å². The first kappa shape index (κ1) is 20.7. The molecule has 0 saturated carbocycles. The van der Waals surface area contributed by atoms with E-state index in [2.05, 4.69) is 4.98 Å². The fraction of sp³-hybridized carbons (Fsp3) is 0.238. The maximum Gasteiger partial charge on any atom is 0.232 e. The molecule has 1 amide bonds. The summed E-state index contributed by atoms with van der Waals surface area (Å²) in [5.74, 6) is 1.28. The molecular formula is C21H22FN3O3S. The Morgan fingerprint density at radius 2 is 1.83 bits per heavy atom. The number of ether oxygens (including phenoxy) is 2. The Labute approximate surface area is 173 Å². The molecule has 6 nitrogen and oxygen atoms in total. The van der Waals surface area contributed by atoms with E-state index < -0.39 is 0 Å². The molecule has 29 heavy (non-hydrogen) atoms. The van der Waals surface area contributed by atoms with Crippen LogP contribution in [0.4, 0.5) is 4.39 Å². The fourth-order valence-corrected chi connectivity index (χ4v) is 3.44. The molecule has 8 heteroatoms. The van der Waals surface area contributed by atoms with Crippen LogP contribution in [-0.2, 0) is 4.79 Å². The number of carbonyl (C=O) groups is 1. The van der Waals surface area contributed by atoms with Crippen LogP contribution in [-0.4, -0.2) is 53.4 Å². The van der Waals surface area contributed by atoms with Gasteiger partial charge < -0.3 is 14.4 Å². The zero-order valence-electron chi connectivity index (χ0n) is 16.2. The van der Waals surface area contributed by atoms with Crippen molar-refractivity contribution in [3.63, 3.8) is 0 Å². The van der Waals surface area contributed by atoms with Crippen LogP contribution in [0.25, 0.3) is 5.69 Å². The molecule has 0 aliphatic heterocycles. The Hall–Kier alpha value is -3.00. The molecule has 0 aliphatic rings. The molecule has 0 atom stereocenters. The number of nitrogens with zero attached hydrogens (tertiary/aromatic N) is 3. The highest BCUT2D eigenvalue weighted by Crippen LogP contribution is 2.22. The summed E-state index contributed by atoms with van der Waals surface area (Å²) in [6.07, 6.45) is 3.56. The number of benzene rings is 2. The lowest BCUT2D eigenvalue weighted by molar-refractivity contribution is -0.127. The van der Waals surface area contributed by atoms with Crippen molar-refractivity contribution in [2.24, 2.45) is 0 Å². The largest absolute Gasteiger partial charge is 0.497 e. The van der Waals surface area contributed by atoms with Gasteiger partial charge in [-0.1, -0.05) is 11.8 Å². The minimum absolute atomic E-state index is 0.0259. The van der Waals surface area contributed by atoms with E-state index >= 15 is 0 Å². The molecule has 0 radical (unpaired) electrons. The van der Waals surface area contributed by atoms with Crippen molar-refractivity contribution in [1.29, 1.82) is 0 Å². The van der Waals surface area contributed by atoms with Crippen LogP contribution < -0.4 is 9.47 Å². The molecule has 0 fully saturated rings. The topological polar surface area (TPSA) is 56.6 Å². The molecule has 0 saturated heterocycles. The molecule has 2 aromatic carbocycles. The van der Waals surface area contributed by atoms with Crippen molar-refractivity contribution in [3.05, 3.63) is 66.7 Å². The molecule has 1 aromatic heterocycles. The number of methoxy groups -OCH3 is 1. The summed E-state index contributed by atoms with van der Waals surface area (Å²) in [5.41, 5.74) is 0.944. The SMILES string of the molecule is COc1ccc(-n2ccnc2SCC(=O)N(C)CCOc2ccc(F)cc2)cc1. The first-order valence-electron chi connectivity index (χ1n) is 8.99. The van der Waals surface area contributed by atoms with Gasteiger partial charge in [0, 0.05) is 25.1 Å². The van der Waals surface area contributed by atoms with Gasteiger partial charge in [0.25, 0.3) is 0 Å². The summed E-state index contributed by atoms with van der Waals surface area (Å²) < 4.78 is 25.5. The number of rotatable bonds is 9. The predicted octanol–water partition coefficient (Wildman–Crippen LogP) is 3.65. The lowest BCUT2D eigenvalue weighted by Gasteiger charge is -2.17.